The van der Waals surface area contributed by atoms with Crippen LogP contribution < -0.4 is 5.32 Å². The first-order valence-electron chi connectivity index (χ1n) is 1.56. The molecule has 0 spiro atoms. The fraction of sp³-hybridized carbons (Fsp3) is 0. The Balaban J connectivity index is 3.33. The molecule has 0 saturated heterocycles. The third-order valence-electron chi connectivity index (χ3n) is 0.285. The van der Waals surface area contributed by atoms with Crippen molar-refractivity contribution in [2.45, 2.75) is 0 Å². The van der Waals surface area contributed by atoms with Crippen molar-refractivity contribution >= 4 is 34.5 Å². The number of hydrogen-bond acceptors (Lipinski definition) is 3. The molecule has 0 heterocycles. The Morgan fingerprint density at radius 1 is 1.14 bits per heavy atom. The zero-order valence-electron chi connectivity index (χ0n) is 3.47. The molecule has 36 valence electrons. The molecule has 7 heavy (non-hydrogen) atoms. The van der Waals surface area contributed by atoms with Crippen molar-refractivity contribution in [2.75, 3.05) is 0 Å². The van der Waals surface area contributed by atoms with Crippen molar-refractivity contribution in [1.82, 2.24) is 5.32 Å². The van der Waals surface area contributed by atoms with E-state index in [9.17, 15) is 0 Å². The standard InChI is InChI=1S/C4H3NS2/c6-3-1-5-2-4-7/h1-2,5H. The normalized spacial score (nSPS) is 5.14. The zero-order chi connectivity index (χ0) is 5.54. The molecule has 0 aromatic carbocycles. The number of thiocarbonyl (C=S) groups is 2. The lowest BCUT2D eigenvalue weighted by molar-refractivity contribution is 1.24. The minimum Gasteiger partial charge on any atom is -0.353 e. The summed E-state index contributed by atoms with van der Waals surface area (Å²) in [5.41, 5.74) is 0. The number of nitrogens with one attached hydrogen (secondary N) is 1. The van der Waals surface area contributed by atoms with Gasteiger partial charge in [-0.15, -0.1) is 0 Å². The monoisotopic (exact) mass is 129 g/mol. The quantitative estimate of drug-likeness (QED) is 0.554. The average Bonchev–Trinajstić information content (AvgIpc) is 1.69. The van der Waals surface area contributed by atoms with Crippen LogP contribution in [0.5, 0.6) is 0 Å². The summed E-state index contributed by atoms with van der Waals surface area (Å²) in [6, 6.07) is 0. The molecule has 0 bridgehead atoms. The van der Waals surface area contributed by atoms with Gasteiger partial charge in [0.05, 0.1) is 12.4 Å². The molecule has 0 atom stereocenters. The predicted octanol–water partition coefficient (Wildman–Crippen LogP) is 0.801. The molecule has 1 N–H and O–H groups in total. The van der Waals surface area contributed by atoms with Crippen LogP contribution in [0.4, 0.5) is 0 Å². The van der Waals surface area contributed by atoms with Crippen molar-refractivity contribution in [3.8, 4) is 0 Å². The Hall–Kier alpha value is -0.460. The predicted molar refractivity (Wildman–Crippen MR) is 37.5 cm³/mol. The maximum atomic E-state index is 4.32. The molecule has 1 nitrogen and oxygen atoms in total. The van der Waals surface area contributed by atoms with Crippen LogP contribution in [0.15, 0.2) is 12.4 Å². The second-order valence-electron chi connectivity index (χ2n) is 0.691. The minimum absolute atomic E-state index is 1.47. The molecule has 0 unspecified atom stereocenters. The highest BCUT2D eigenvalue weighted by Crippen LogP contribution is 1.49. The van der Waals surface area contributed by atoms with E-state index < -0.39 is 0 Å². The molecule has 0 aliphatic carbocycles. The molecular weight excluding hydrogens is 126 g/mol. The molecule has 0 amide bonds. The van der Waals surface area contributed by atoms with Crippen LogP contribution in [0.2, 0.25) is 0 Å². The first-order chi connectivity index (χ1) is 3.41. The van der Waals surface area contributed by atoms with E-state index in [1.54, 1.807) is 0 Å². The fourth-order valence-corrected chi connectivity index (χ4v) is 0.246. The van der Waals surface area contributed by atoms with Crippen molar-refractivity contribution in [1.29, 1.82) is 0 Å². The van der Waals surface area contributed by atoms with Gasteiger partial charge in [0.1, 0.15) is 0 Å². The van der Waals surface area contributed by atoms with E-state index in [1.165, 1.54) is 12.4 Å². The van der Waals surface area contributed by atoms with E-state index in [2.05, 4.69) is 39.8 Å². The van der Waals surface area contributed by atoms with Gasteiger partial charge in [0, 0.05) is 0 Å². The maximum absolute atomic E-state index is 4.32. The van der Waals surface area contributed by atoms with E-state index in [4.69, 9.17) is 0 Å². The molecule has 0 radical (unpaired) electrons. The first kappa shape index (κ1) is 6.54. The second kappa shape index (κ2) is 5.54. The molecule has 0 fully saturated rings. The molecule has 0 aliphatic heterocycles. The minimum atomic E-state index is 1.47. The summed E-state index contributed by atoms with van der Waals surface area (Å²) >= 11 is 8.63. The average molecular weight is 129 g/mol. The summed E-state index contributed by atoms with van der Waals surface area (Å²) in [4.78, 5) is 0. The Bertz CT molecular complexity index is 113. The maximum Gasteiger partial charge on any atom is 0.0559 e. The van der Waals surface area contributed by atoms with Gasteiger partial charge in [0.2, 0.25) is 0 Å². The van der Waals surface area contributed by atoms with E-state index in [-0.39, 0.29) is 0 Å². The van der Waals surface area contributed by atoms with Crippen molar-refractivity contribution in [2.24, 2.45) is 0 Å². The Labute approximate surface area is 52.7 Å². The van der Waals surface area contributed by atoms with Crippen LogP contribution in [0.25, 0.3) is 0 Å². The molecule has 0 aromatic heterocycles. The molecule has 0 saturated carbocycles. The van der Waals surface area contributed by atoms with Gasteiger partial charge in [-0.25, -0.2) is 0 Å². The molecule has 0 aliphatic rings. The Morgan fingerprint density at radius 3 is 1.86 bits per heavy atom. The SMILES string of the molecule is S=C=CNC=C=S. The third kappa shape index (κ3) is 5.54. The topological polar surface area (TPSA) is 12.0 Å². The summed E-state index contributed by atoms with van der Waals surface area (Å²) in [5.74, 6) is 0. The lowest BCUT2D eigenvalue weighted by atomic mass is 10.9. The van der Waals surface area contributed by atoms with Crippen LogP contribution in [-0.2, 0) is 0 Å². The number of hydrogen-bond donors (Lipinski definition) is 1. The van der Waals surface area contributed by atoms with Crippen LogP contribution in [0.1, 0.15) is 0 Å². The summed E-state index contributed by atoms with van der Waals surface area (Å²) in [6.07, 6.45) is 2.93. The van der Waals surface area contributed by atoms with Gasteiger partial charge in [0.15, 0.2) is 0 Å². The van der Waals surface area contributed by atoms with Crippen LogP contribution in [0, 0.1) is 0 Å². The van der Waals surface area contributed by atoms with Crippen LogP contribution in [-0.4, -0.2) is 10.0 Å². The van der Waals surface area contributed by atoms with Gasteiger partial charge in [0.25, 0.3) is 0 Å². The van der Waals surface area contributed by atoms with E-state index in [1.807, 2.05) is 0 Å². The largest absolute Gasteiger partial charge is 0.353 e. The highest BCUT2D eigenvalue weighted by molar-refractivity contribution is 7.78. The summed E-state index contributed by atoms with van der Waals surface area (Å²) in [6.45, 7) is 0. The molecular formula is C4H3NS2. The zero-order valence-corrected chi connectivity index (χ0v) is 5.10. The summed E-state index contributed by atoms with van der Waals surface area (Å²) in [5, 5.41) is 7.27. The van der Waals surface area contributed by atoms with Gasteiger partial charge in [-0.05, 0) is 34.5 Å². The lowest BCUT2D eigenvalue weighted by Crippen LogP contribution is -1.89. The lowest BCUT2D eigenvalue weighted by Gasteiger charge is -1.74. The van der Waals surface area contributed by atoms with E-state index in [0.29, 0.717) is 0 Å². The smallest absolute Gasteiger partial charge is 0.0559 e. The Kier molecular flexibility index (Phi) is 5.18. The molecule has 0 rings (SSSR count). The van der Waals surface area contributed by atoms with Gasteiger partial charge in [-0.1, -0.05) is 0 Å². The highest BCUT2D eigenvalue weighted by atomic mass is 32.1. The van der Waals surface area contributed by atoms with E-state index >= 15 is 0 Å². The van der Waals surface area contributed by atoms with Gasteiger partial charge >= 0.3 is 0 Å². The summed E-state index contributed by atoms with van der Waals surface area (Å²) in [7, 11) is 0. The Morgan fingerprint density at radius 2 is 1.57 bits per heavy atom. The van der Waals surface area contributed by atoms with Crippen LogP contribution in [0.3, 0.4) is 0 Å². The third-order valence-corrected chi connectivity index (χ3v) is 0.520. The highest BCUT2D eigenvalue weighted by Gasteiger charge is 1.53. The van der Waals surface area contributed by atoms with Crippen LogP contribution >= 0.6 is 24.4 Å². The van der Waals surface area contributed by atoms with Crippen molar-refractivity contribution in [3.05, 3.63) is 12.4 Å². The molecule has 0 aromatic rings. The fourth-order valence-electron chi connectivity index (χ4n) is 0.110. The number of rotatable bonds is 2. The van der Waals surface area contributed by atoms with E-state index in [0.717, 1.165) is 0 Å². The van der Waals surface area contributed by atoms with Gasteiger partial charge in [-0.2, -0.15) is 0 Å². The van der Waals surface area contributed by atoms with Gasteiger partial charge in [-0.3, -0.25) is 0 Å². The van der Waals surface area contributed by atoms with Crippen molar-refractivity contribution < 1.29 is 0 Å². The summed E-state index contributed by atoms with van der Waals surface area (Å²) < 4.78 is 0. The molecule has 3 heteroatoms. The first-order valence-corrected chi connectivity index (χ1v) is 2.38. The van der Waals surface area contributed by atoms with Crippen molar-refractivity contribution in [3.63, 3.8) is 0 Å². The van der Waals surface area contributed by atoms with Gasteiger partial charge < -0.3 is 5.32 Å². The second-order valence-corrected chi connectivity index (χ2v) is 1.16.